The average molecular weight is 440 g/mol. The van der Waals surface area contributed by atoms with Gasteiger partial charge >= 0.3 is 0 Å². The summed E-state index contributed by atoms with van der Waals surface area (Å²) in [6.45, 7) is 8.31. The zero-order valence-electron chi connectivity index (χ0n) is 13.7. The number of hydrogen-bond acceptors (Lipinski definition) is 2. The second-order valence-corrected chi connectivity index (χ2v) is 8.46. The monoisotopic (exact) mass is 438 g/mol. The maximum atomic E-state index is 6.40. The van der Waals surface area contributed by atoms with Crippen molar-refractivity contribution in [3.63, 3.8) is 0 Å². The third kappa shape index (κ3) is 3.29. The van der Waals surface area contributed by atoms with E-state index < -0.39 is 0 Å². The summed E-state index contributed by atoms with van der Waals surface area (Å²) in [5, 5.41) is 0. The molecule has 0 fully saturated rings. The van der Waals surface area contributed by atoms with E-state index >= 15 is 0 Å². The summed E-state index contributed by atoms with van der Waals surface area (Å²) in [6.07, 6.45) is -0.118. The third-order valence-electron chi connectivity index (χ3n) is 4.12. The van der Waals surface area contributed by atoms with E-state index in [4.69, 9.17) is 9.47 Å². The van der Waals surface area contributed by atoms with E-state index in [1.807, 2.05) is 12.1 Å². The molecule has 1 aliphatic heterocycles. The predicted octanol–water partition coefficient (Wildman–Crippen LogP) is 6.12. The summed E-state index contributed by atoms with van der Waals surface area (Å²) < 4.78 is 13.5. The minimum atomic E-state index is -0.357. The standard InChI is InChI=1S/C19H20Br2O2/c1-11-5-7-15-13(9-11)17(18(21)19(3,4)23-15)22-16-8-6-12(2)10-14(16)20/h5-10,17-18H,1-4H3/t17-,18+/m1/s1. The van der Waals surface area contributed by atoms with Crippen LogP contribution >= 0.6 is 31.9 Å². The van der Waals surface area contributed by atoms with Crippen molar-refractivity contribution < 1.29 is 9.47 Å². The van der Waals surface area contributed by atoms with Gasteiger partial charge in [0.05, 0.1) is 9.30 Å². The van der Waals surface area contributed by atoms with Crippen LogP contribution in [0.15, 0.2) is 40.9 Å². The van der Waals surface area contributed by atoms with Crippen LogP contribution in [0.1, 0.15) is 36.6 Å². The topological polar surface area (TPSA) is 18.5 Å². The number of ether oxygens (including phenoxy) is 2. The van der Waals surface area contributed by atoms with Gasteiger partial charge in [-0.25, -0.2) is 0 Å². The van der Waals surface area contributed by atoms with Crippen LogP contribution in [0.4, 0.5) is 0 Å². The first-order valence-corrected chi connectivity index (χ1v) is 9.35. The maximum absolute atomic E-state index is 6.40. The fraction of sp³-hybridized carbons (Fsp3) is 0.368. The molecule has 0 unspecified atom stereocenters. The van der Waals surface area contributed by atoms with Crippen molar-refractivity contribution >= 4 is 31.9 Å². The third-order valence-corrected chi connectivity index (χ3v) is 6.32. The highest BCUT2D eigenvalue weighted by Crippen LogP contribution is 2.46. The largest absolute Gasteiger partial charge is 0.486 e. The highest BCUT2D eigenvalue weighted by molar-refractivity contribution is 9.10. The van der Waals surface area contributed by atoms with E-state index in [1.165, 1.54) is 11.1 Å². The minimum absolute atomic E-state index is 0.0394. The Labute approximate surface area is 154 Å². The minimum Gasteiger partial charge on any atom is -0.486 e. The molecular formula is C19H20Br2O2. The molecule has 23 heavy (non-hydrogen) atoms. The van der Waals surface area contributed by atoms with Gasteiger partial charge < -0.3 is 9.47 Å². The summed E-state index contributed by atoms with van der Waals surface area (Å²) in [4.78, 5) is 0.0394. The van der Waals surface area contributed by atoms with Crippen LogP contribution in [0.2, 0.25) is 0 Å². The number of halogens is 2. The van der Waals surface area contributed by atoms with E-state index in [2.05, 4.69) is 83.8 Å². The second kappa shape index (κ2) is 6.14. The van der Waals surface area contributed by atoms with E-state index in [0.717, 1.165) is 21.5 Å². The molecular weight excluding hydrogens is 420 g/mol. The lowest BCUT2D eigenvalue weighted by Gasteiger charge is -2.42. The van der Waals surface area contributed by atoms with Gasteiger partial charge in [-0.15, -0.1) is 0 Å². The van der Waals surface area contributed by atoms with Gasteiger partial charge in [-0.1, -0.05) is 33.6 Å². The first kappa shape index (κ1) is 16.8. The smallest absolute Gasteiger partial charge is 0.144 e. The van der Waals surface area contributed by atoms with Crippen molar-refractivity contribution in [1.82, 2.24) is 0 Å². The fourth-order valence-corrected chi connectivity index (χ4v) is 3.88. The zero-order chi connectivity index (χ0) is 16.8. The van der Waals surface area contributed by atoms with Gasteiger partial charge in [0.2, 0.25) is 0 Å². The van der Waals surface area contributed by atoms with E-state index in [0.29, 0.717) is 0 Å². The van der Waals surface area contributed by atoms with E-state index in [-0.39, 0.29) is 16.5 Å². The number of aryl methyl sites for hydroxylation is 2. The fourth-order valence-electron chi connectivity index (χ4n) is 2.81. The van der Waals surface area contributed by atoms with Gasteiger partial charge in [-0.05, 0) is 73.5 Å². The first-order valence-electron chi connectivity index (χ1n) is 7.64. The van der Waals surface area contributed by atoms with Gasteiger partial charge in [0, 0.05) is 5.56 Å². The second-order valence-electron chi connectivity index (χ2n) is 6.62. The predicted molar refractivity (Wildman–Crippen MR) is 101 cm³/mol. The normalized spacial score (nSPS) is 22.2. The Kier molecular flexibility index (Phi) is 4.49. The molecule has 2 aromatic rings. The van der Waals surface area contributed by atoms with Crippen LogP contribution in [-0.2, 0) is 0 Å². The van der Waals surface area contributed by atoms with Crippen molar-refractivity contribution in [2.75, 3.05) is 0 Å². The van der Waals surface area contributed by atoms with Crippen LogP contribution < -0.4 is 9.47 Å². The lowest BCUT2D eigenvalue weighted by Crippen LogP contribution is -2.47. The molecule has 0 bridgehead atoms. The number of benzene rings is 2. The average Bonchev–Trinajstić information content (AvgIpc) is 2.47. The molecule has 122 valence electrons. The van der Waals surface area contributed by atoms with Crippen molar-refractivity contribution in [1.29, 1.82) is 0 Å². The molecule has 2 aromatic carbocycles. The van der Waals surface area contributed by atoms with Crippen LogP contribution in [0.3, 0.4) is 0 Å². The van der Waals surface area contributed by atoms with Gasteiger partial charge in [-0.2, -0.15) is 0 Å². The van der Waals surface area contributed by atoms with E-state index in [1.54, 1.807) is 0 Å². The molecule has 0 amide bonds. The number of hydrogen-bond donors (Lipinski definition) is 0. The lowest BCUT2D eigenvalue weighted by molar-refractivity contribution is 0.0325. The van der Waals surface area contributed by atoms with Crippen molar-refractivity contribution in [2.45, 2.75) is 44.2 Å². The molecule has 2 atom stereocenters. The molecule has 0 N–H and O–H groups in total. The number of fused-ring (bicyclic) bond motifs is 1. The van der Waals surface area contributed by atoms with Gasteiger partial charge in [0.1, 0.15) is 23.2 Å². The molecule has 4 heteroatoms. The molecule has 3 rings (SSSR count). The number of rotatable bonds is 2. The summed E-state index contributed by atoms with van der Waals surface area (Å²) in [7, 11) is 0. The Morgan fingerprint density at radius 1 is 1.04 bits per heavy atom. The molecule has 2 nitrogen and oxygen atoms in total. The highest BCUT2D eigenvalue weighted by atomic mass is 79.9. The molecule has 0 aromatic heterocycles. The maximum Gasteiger partial charge on any atom is 0.144 e. The Balaban J connectivity index is 2.04. The van der Waals surface area contributed by atoms with Gasteiger partial charge in [0.25, 0.3) is 0 Å². The molecule has 0 spiro atoms. The van der Waals surface area contributed by atoms with Crippen molar-refractivity contribution in [3.05, 3.63) is 57.6 Å². The van der Waals surface area contributed by atoms with Crippen molar-refractivity contribution in [3.8, 4) is 11.5 Å². The Morgan fingerprint density at radius 3 is 2.39 bits per heavy atom. The molecule has 1 aliphatic rings. The summed E-state index contributed by atoms with van der Waals surface area (Å²) in [5.74, 6) is 1.74. The van der Waals surface area contributed by atoms with Crippen LogP contribution in [0.5, 0.6) is 11.5 Å². The van der Waals surface area contributed by atoms with Crippen molar-refractivity contribution in [2.24, 2.45) is 0 Å². The SMILES string of the molecule is Cc1ccc(O[C@@H]2c3cc(C)ccc3OC(C)(C)[C@H]2Br)c(Br)c1. The number of alkyl halides is 1. The summed E-state index contributed by atoms with van der Waals surface area (Å²) in [6, 6.07) is 12.4. The lowest BCUT2D eigenvalue weighted by atomic mass is 9.90. The molecule has 0 aliphatic carbocycles. The molecule has 0 saturated carbocycles. The zero-order valence-corrected chi connectivity index (χ0v) is 16.9. The first-order chi connectivity index (χ1) is 10.8. The molecule has 1 heterocycles. The van der Waals surface area contributed by atoms with Crippen LogP contribution in [0.25, 0.3) is 0 Å². The highest BCUT2D eigenvalue weighted by Gasteiger charge is 2.44. The van der Waals surface area contributed by atoms with E-state index in [9.17, 15) is 0 Å². The Bertz CT molecular complexity index is 740. The van der Waals surface area contributed by atoms with Gasteiger partial charge in [0.15, 0.2) is 0 Å². The van der Waals surface area contributed by atoms with Crippen LogP contribution in [-0.4, -0.2) is 10.4 Å². The quantitative estimate of drug-likeness (QED) is 0.524. The summed E-state index contributed by atoms with van der Waals surface area (Å²) >= 11 is 7.41. The Hall–Kier alpha value is -1.000. The van der Waals surface area contributed by atoms with Gasteiger partial charge in [-0.3, -0.25) is 0 Å². The molecule has 0 saturated heterocycles. The Morgan fingerprint density at radius 2 is 1.70 bits per heavy atom. The summed E-state index contributed by atoms with van der Waals surface area (Å²) in [5.41, 5.74) is 3.12. The molecule has 0 radical (unpaired) electrons. The van der Waals surface area contributed by atoms with Crippen LogP contribution in [0, 0.1) is 13.8 Å².